The molecule has 1 saturated carbocycles. The van der Waals surface area contributed by atoms with Crippen LogP contribution in [0.2, 0.25) is 0 Å². The van der Waals surface area contributed by atoms with Gasteiger partial charge in [0.1, 0.15) is 0 Å². The van der Waals surface area contributed by atoms with Gasteiger partial charge >= 0.3 is 0 Å². The van der Waals surface area contributed by atoms with E-state index in [4.69, 9.17) is 9.47 Å². The summed E-state index contributed by atoms with van der Waals surface area (Å²) in [6.07, 6.45) is 4.28. The molecular formula is C17H23BrN2O3. The number of rotatable bonds is 5. The molecular weight excluding hydrogens is 360 g/mol. The summed E-state index contributed by atoms with van der Waals surface area (Å²) in [7, 11) is 1.55. The molecule has 1 atom stereocenters. The van der Waals surface area contributed by atoms with Gasteiger partial charge in [0, 0.05) is 11.3 Å². The van der Waals surface area contributed by atoms with Crippen molar-refractivity contribution in [3.8, 4) is 11.5 Å². The molecule has 6 heteroatoms. The van der Waals surface area contributed by atoms with Crippen LogP contribution in [0.3, 0.4) is 0 Å². The Morgan fingerprint density at radius 2 is 2.26 bits per heavy atom. The van der Waals surface area contributed by atoms with Gasteiger partial charge in [-0.3, -0.25) is 4.79 Å². The summed E-state index contributed by atoms with van der Waals surface area (Å²) in [5.41, 5.74) is 4.19. The second kappa shape index (κ2) is 8.34. The molecule has 0 unspecified atom stereocenters. The third-order valence-corrected chi connectivity index (χ3v) is 4.43. The molecule has 0 radical (unpaired) electrons. The van der Waals surface area contributed by atoms with Crippen LogP contribution in [0.1, 0.15) is 49.9 Å². The van der Waals surface area contributed by atoms with Crippen molar-refractivity contribution in [3.05, 3.63) is 22.2 Å². The fourth-order valence-electron chi connectivity index (χ4n) is 2.69. The quantitative estimate of drug-likeness (QED) is 0.777. The molecule has 1 aliphatic rings. The summed E-state index contributed by atoms with van der Waals surface area (Å²) in [6.45, 7) is 4.63. The van der Waals surface area contributed by atoms with E-state index in [0.29, 0.717) is 34.1 Å². The number of amides is 1. The molecule has 0 heterocycles. The van der Waals surface area contributed by atoms with Crippen LogP contribution in [-0.2, 0) is 0 Å². The molecule has 2 rings (SSSR count). The minimum atomic E-state index is -0.252. The van der Waals surface area contributed by atoms with E-state index in [1.807, 2.05) is 6.92 Å². The van der Waals surface area contributed by atoms with Crippen LogP contribution in [0, 0.1) is 5.92 Å². The fourth-order valence-corrected chi connectivity index (χ4v) is 3.25. The van der Waals surface area contributed by atoms with E-state index in [0.717, 1.165) is 25.0 Å². The molecule has 1 aliphatic carbocycles. The first-order chi connectivity index (χ1) is 11.0. The zero-order valence-corrected chi connectivity index (χ0v) is 15.4. The van der Waals surface area contributed by atoms with E-state index < -0.39 is 0 Å². The summed E-state index contributed by atoms with van der Waals surface area (Å²) in [5.74, 6) is 1.50. The van der Waals surface area contributed by atoms with E-state index in [1.165, 1.54) is 6.42 Å². The number of methoxy groups -OCH3 is 1. The summed E-state index contributed by atoms with van der Waals surface area (Å²) < 4.78 is 11.5. The molecule has 0 aromatic heterocycles. The number of ether oxygens (including phenoxy) is 2. The van der Waals surface area contributed by atoms with Crippen molar-refractivity contribution in [2.45, 2.75) is 39.5 Å². The van der Waals surface area contributed by atoms with Crippen LogP contribution in [0.5, 0.6) is 11.5 Å². The van der Waals surface area contributed by atoms with E-state index >= 15 is 0 Å². The Bertz CT molecular complexity index is 602. The molecule has 1 aromatic rings. The van der Waals surface area contributed by atoms with E-state index in [9.17, 15) is 4.79 Å². The number of benzene rings is 1. The monoisotopic (exact) mass is 382 g/mol. The number of hydrogen-bond acceptors (Lipinski definition) is 4. The van der Waals surface area contributed by atoms with Crippen LogP contribution in [-0.4, -0.2) is 25.3 Å². The van der Waals surface area contributed by atoms with Gasteiger partial charge in [-0.2, -0.15) is 5.10 Å². The highest BCUT2D eigenvalue weighted by Gasteiger charge is 2.17. The van der Waals surface area contributed by atoms with E-state index in [-0.39, 0.29) is 5.91 Å². The molecule has 1 amide bonds. The fraction of sp³-hybridized carbons (Fsp3) is 0.529. The molecule has 1 N–H and O–H groups in total. The lowest BCUT2D eigenvalue weighted by molar-refractivity contribution is 0.0954. The Kier molecular flexibility index (Phi) is 6.45. The predicted molar refractivity (Wildman–Crippen MR) is 94.4 cm³/mol. The lowest BCUT2D eigenvalue weighted by atomic mass is 9.89. The Morgan fingerprint density at radius 1 is 1.48 bits per heavy atom. The first-order valence-electron chi connectivity index (χ1n) is 7.91. The summed E-state index contributed by atoms with van der Waals surface area (Å²) >= 11 is 3.42. The normalized spacial score (nSPS) is 19.5. The Hall–Kier alpha value is -1.56. The van der Waals surface area contributed by atoms with Crippen molar-refractivity contribution in [2.24, 2.45) is 11.0 Å². The standard InChI is InChI=1S/C17H23BrN2O3/c1-4-23-16-14(18)9-12(10-15(16)22-3)17(21)20-19-13-7-5-6-11(2)8-13/h9-11H,4-8H2,1-3H3,(H,20,21)/b19-13-/t11-/m0/s1. The van der Waals surface area contributed by atoms with Crippen LogP contribution in [0.15, 0.2) is 21.7 Å². The molecule has 0 aliphatic heterocycles. The number of carbonyl (C=O) groups is 1. The van der Waals surface area contributed by atoms with Crippen LogP contribution >= 0.6 is 15.9 Å². The second-order valence-corrected chi connectivity index (χ2v) is 6.60. The first kappa shape index (κ1) is 17.8. The van der Waals surface area contributed by atoms with Crippen LogP contribution in [0.4, 0.5) is 0 Å². The number of halogens is 1. The van der Waals surface area contributed by atoms with Gasteiger partial charge in [0.2, 0.25) is 0 Å². The molecule has 0 bridgehead atoms. The number of hydrazone groups is 1. The van der Waals surface area contributed by atoms with E-state index in [1.54, 1.807) is 19.2 Å². The maximum absolute atomic E-state index is 12.3. The smallest absolute Gasteiger partial charge is 0.271 e. The van der Waals surface area contributed by atoms with Gasteiger partial charge in [-0.1, -0.05) is 6.92 Å². The maximum Gasteiger partial charge on any atom is 0.271 e. The highest BCUT2D eigenvalue weighted by molar-refractivity contribution is 9.10. The SMILES string of the molecule is CCOc1c(Br)cc(C(=O)N/N=C2/CCC[C@H](C)C2)cc1OC. The molecule has 5 nitrogen and oxygen atoms in total. The third kappa shape index (κ3) is 4.70. The lowest BCUT2D eigenvalue weighted by Gasteiger charge is -2.19. The van der Waals surface area contributed by atoms with Crippen LogP contribution < -0.4 is 14.9 Å². The topological polar surface area (TPSA) is 59.9 Å². The molecule has 126 valence electrons. The van der Waals surface area contributed by atoms with Crippen molar-refractivity contribution < 1.29 is 14.3 Å². The molecule has 0 saturated heterocycles. The van der Waals surface area contributed by atoms with Gasteiger partial charge < -0.3 is 9.47 Å². The third-order valence-electron chi connectivity index (χ3n) is 3.84. The minimum Gasteiger partial charge on any atom is -0.493 e. The molecule has 0 spiro atoms. The Balaban J connectivity index is 2.13. The lowest BCUT2D eigenvalue weighted by Crippen LogP contribution is -2.22. The second-order valence-electron chi connectivity index (χ2n) is 5.74. The minimum absolute atomic E-state index is 0.252. The maximum atomic E-state index is 12.3. The van der Waals surface area contributed by atoms with Crippen molar-refractivity contribution in [2.75, 3.05) is 13.7 Å². The average Bonchev–Trinajstić information content (AvgIpc) is 2.54. The van der Waals surface area contributed by atoms with Gasteiger partial charge in [-0.15, -0.1) is 0 Å². The molecule has 1 aromatic carbocycles. The number of nitrogens with zero attached hydrogens (tertiary/aromatic N) is 1. The zero-order chi connectivity index (χ0) is 16.8. The first-order valence-corrected chi connectivity index (χ1v) is 8.70. The van der Waals surface area contributed by atoms with Gasteiger partial charge in [0.15, 0.2) is 11.5 Å². The summed E-state index contributed by atoms with van der Waals surface area (Å²) in [4.78, 5) is 12.3. The van der Waals surface area contributed by atoms with E-state index in [2.05, 4.69) is 33.4 Å². The Labute approximate surface area is 145 Å². The van der Waals surface area contributed by atoms with Crippen molar-refractivity contribution >= 4 is 27.5 Å². The average molecular weight is 383 g/mol. The van der Waals surface area contributed by atoms with Gasteiger partial charge in [-0.05, 0) is 66.6 Å². The van der Waals surface area contributed by atoms with Crippen molar-refractivity contribution in [1.29, 1.82) is 0 Å². The Morgan fingerprint density at radius 3 is 2.91 bits per heavy atom. The highest BCUT2D eigenvalue weighted by Crippen LogP contribution is 2.36. The van der Waals surface area contributed by atoms with Crippen molar-refractivity contribution in [3.63, 3.8) is 0 Å². The highest BCUT2D eigenvalue weighted by atomic mass is 79.9. The van der Waals surface area contributed by atoms with Crippen molar-refractivity contribution in [1.82, 2.24) is 5.43 Å². The zero-order valence-electron chi connectivity index (χ0n) is 13.8. The summed E-state index contributed by atoms with van der Waals surface area (Å²) in [5, 5.41) is 4.28. The van der Waals surface area contributed by atoms with Gasteiger partial charge in [0.25, 0.3) is 5.91 Å². The number of nitrogens with one attached hydrogen (secondary N) is 1. The summed E-state index contributed by atoms with van der Waals surface area (Å²) in [6, 6.07) is 3.38. The molecule has 23 heavy (non-hydrogen) atoms. The van der Waals surface area contributed by atoms with Crippen LogP contribution in [0.25, 0.3) is 0 Å². The number of carbonyl (C=O) groups excluding carboxylic acids is 1. The predicted octanol–water partition coefficient (Wildman–Crippen LogP) is 4.15. The largest absolute Gasteiger partial charge is 0.493 e. The van der Waals surface area contributed by atoms with Gasteiger partial charge in [0.05, 0.1) is 18.2 Å². The number of hydrogen-bond donors (Lipinski definition) is 1. The van der Waals surface area contributed by atoms with Gasteiger partial charge in [-0.25, -0.2) is 5.43 Å². The molecule has 1 fully saturated rings.